The summed E-state index contributed by atoms with van der Waals surface area (Å²) in [6.07, 6.45) is 2.87. The quantitative estimate of drug-likeness (QED) is 0.879. The summed E-state index contributed by atoms with van der Waals surface area (Å²) < 4.78 is 0. The Morgan fingerprint density at radius 2 is 1.82 bits per heavy atom. The standard InChI is InChI=1S/C17H16N2O3/c20-15-9-8-13(11-18-15)17(22)19-10-4-7-14(19)16(21)12-5-2-1-3-6-12/h1-3,5-6,8-9,11,14H,4,7,10H2,(H,18,20). The molecule has 5 nitrogen and oxygen atoms in total. The molecule has 1 atom stereocenters. The number of nitrogens with one attached hydrogen (secondary N) is 1. The van der Waals surface area contributed by atoms with E-state index in [1.165, 1.54) is 18.3 Å². The zero-order valence-corrected chi connectivity index (χ0v) is 12.0. The van der Waals surface area contributed by atoms with Crippen LogP contribution in [0.15, 0.2) is 53.5 Å². The molecular weight excluding hydrogens is 280 g/mol. The van der Waals surface area contributed by atoms with Crippen LogP contribution >= 0.6 is 0 Å². The van der Waals surface area contributed by atoms with Gasteiger partial charge in [0, 0.05) is 24.4 Å². The number of rotatable bonds is 3. The van der Waals surface area contributed by atoms with Gasteiger partial charge < -0.3 is 9.88 Å². The lowest BCUT2D eigenvalue weighted by Gasteiger charge is -2.23. The van der Waals surface area contributed by atoms with Crippen LogP contribution in [0.5, 0.6) is 0 Å². The first kappa shape index (κ1) is 14.3. The summed E-state index contributed by atoms with van der Waals surface area (Å²) >= 11 is 0. The van der Waals surface area contributed by atoms with Gasteiger partial charge in [-0.3, -0.25) is 14.4 Å². The van der Waals surface area contributed by atoms with E-state index < -0.39 is 6.04 Å². The zero-order valence-electron chi connectivity index (χ0n) is 12.0. The number of H-pyrrole nitrogens is 1. The third kappa shape index (κ3) is 2.70. The number of ketones is 1. The predicted octanol–water partition coefficient (Wildman–Crippen LogP) is 1.86. The topological polar surface area (TPSA) is 70.2 Å². The smallest absolute Gasteiger partial charge is 0.255 e. The van der Waals surface area contributed by atoms with Crippen LogP contribution in [0.2, 0.25) is 0 Å². The van der Waals surface area contributed by atoms with Gasteiger partial charge in [0.1, 0.15) is 0 Å². The second-order valence-corrected chi connectivity index (χ2v) is 5.33. The molecule has 1 aliphatic rings. The summed E-state index contributed by atoms with van der Waals surface area (Å²) in [5, 5.41) is 0. The second-order valence-electron chi connectivity index (χ2n) is 5.33. The van der Waals surface area contributed by atoms with Crippen molar-refractivity contribution in [2.24, 2.45) is 0 Å². The SMILES string of the molecule is O=C(c1ccccc1)C1CCCN1C(=O)c1ccc(=O)[nH]c1. The van der Waals surface area contributed by atoms with Crippen LogP contribution in [0, 0.1) is 0 Å². The van der Waals surface area contributed by atoms with Crippen LogP contribution in [0.3, 0.4) is 0 Å². The molecule has 5 heteroatoms. The Kier molecular flexibility index (Phi) is 3.87. The number of hydrogen-bond donors (Lipinski definition) is 1. The van der Waals surface area contributed by atoms with Crippen molar-refractivity contribution in [2.45, 2.75) is 18.9 Å². The van der Waals surface area contributed by atoms with E-state index in [1.807, 2.05) is 18.2 Å². The monoisotopic (exact) mass is 296 g/mol. The minimum Gasteiger partial charge on any atom is -0.328 e. The van der Waals surface area contributed by atoms with Gasteiger partial charge in [-0.25, -0.2) is 0 Å². The second kappa shape index (κ2) is 5.97. The van der Waals surface area contributed by atoms with Gasteiger partial charge in [-0.1, -0.05) is 30.3 Å². The summed E-state index contributed by atoms with van der Waals surface area (Å²) in [4.78, 5) is 40.3. The van der Waals surface area contributed by atoms with Crippen molar-refractivity contribution in [3.05, 3.63) is 70.1 Å². The molecule has 0 saturated carbocycles. The molecule has 1 aromatic heterocycles. The van der Waals surface area contributed by atoms with E-state index in [0.29, 0.717) is 24.1 Å². The number of carbonyl (C=O) groups is 2. The van der Waals surface area contributed by atoms with Gasteiger partial charge in [0.05, 0.1) is 11.6 Å². The van der Waals surface area contributed by atoms with Gasteiger partial charge in [0.15, 0.2) is 5.78 Å². The van der Waals surface area contributed by atoms with Gasteiger partial charge in [-0.2, -0.15) is 0 Å². The highest BCUT2D eigenvalue weighted by molar-refractivity contribution is 6.04. The normalized spacial score (nSPS) is 17.5. The molecule has 1 amide bonds. The molecule has 22 heavy (non-hydrogen) atoms. The number of benzene rings is 1. The maximum atomic E-state index is 12.6. The van der Waals surface area contributed by atoms with Crippen molar-refractivity contribution in [1.29, 1.82) is 0 Å². The van der Waals surface area contributed by atoms with Gasteiger partial charge in [0.2, 0.25) is 5.56 Å². The van der Waals surface area contributed by atoms with Gasteiger partial charge >= 0.3 is 0 Å². The number of hydrogen-bond acceptors (Lipinski definition) is 3. The number of aromatic amines is 1. The van der Waals surface area contributed by atoms with E-state index in [0.717, 1.165) is 6.42 Å². The Balaban J connectivity index is 1.84. The van der Waals surface area contributed by atoms with E-state index in [9.17, 15) is 14.4 Å². The highest BCUT2D eigenvalue weighted by Gasteiger charge is 2.34. The van der Waals surface area contributed by atoms with Gasteiger partial charge in [0.25, 0.3) is 5.91 Å². The molecule has 0 spiro atoms. The Morgan fingerprint density at radius 1 is 1.05 bits per heavy atom. The maximum absolute atomic E-state index is 12.6. The Hall–Kier alpha value is -2.69. The van der Waals surface area contributed by atoms with Gasteiger partial charge in [-0.15, -0.1) is 0 Å². The number of likely N-dealkylation sites (tertiary alicyclic amines) is 1. The van der Waals surface area contributed by atoms with E-state index in [1.54, 1.807) is 17.0 Å². The summed E-state index contributed by atoms with van der Waals surface area (Å²) in [6, 6.07) is 11.4. The molecule has 0 bridgehead atoms. The summed E-state index contributed by atoms with van der Waals surface area (Å²) in [5.41, 5.74) is 0.760. The van der Waals surface area contributed by atoms with Gasteiger partial charge in [-0.05, 0) is 18.9 Å². The van der Waals surface area contributed by atoms with Crippen LogP contribution in [0.25, 0.3) is 0 Å². The Morgan fingerprint density at radius 3 is 2.50 bits per heavy atom. The Bertz CT molecular complexity index is 732. The molecule has 1 fully saturated rings. The van der Waals surface area contributed by atoms with Crippen LogP contribution in [0.4, 0.5) is 0 Å². The predicted molar refractivity (Wildman–Crippen MR) is 81.9 cm³/mol. The average Bonchev–Trinajstić information content (AvgIpc) is 3.04. The van der Waals surface area contributed by atoms with Crippen LogP contribution < -0.4 is 5.56 Å². The lowest BCUT2D eigenvalue weighted by atomic mass is 10.0. The van der Waals surface area contributed by atoms with E-state index in [2.05, 4.69) is 4.98 Å². The van der Waals surface area contributed by atoms with Crippen molar-refractivity contribution in [2.75, 3.05) is 6.54 Å². The van der Waals surface area contributed by atoms with E-state index in [-0.39, 0.29) is 17.2 Å². The first-order valence-electron chi connectivity index (χ1n) is 7.26. The van der Waals surface area contributed by atoms with E-state index in [4.69, 9.17) is 0 Å². The fourth-order valence-corrected chi connectivity index (χ4v) is 2.79. The summed E-state index contributed by atoms with van der Waals surface area (Å²) in [5.74, 6) is -0.251. The molecule has 0 radical (unpaired) electrons. The molecule has 2 heterocycles. The minimum atomic E-state index is -0.429. The number of carbonyl (C=O) groups excluding carboxylic acids is 2. The summed E-state index contributed by atoms with van der Waals surface area (Å²) in [6.45, 7) is 0.557. The minimum absolute atomic E-state index is 0.0316. The fraction of sp³-hybridized carbons (Fsp3) is 0.235. The van der Waals surface area contributed by atoms with E-state index >= 15 is 0 Å². The molecule has 1 aliphatic heterocycles. The van der Waals surface area contributed by atoms with Crippen molar-refractivity contribution >= 4 is 11.7 Å². The molecule has 1 aromatic carbocycles. The fourth-order valence-electron chi connectivity index (χ4n) is 2.79. The largest absolute Gasteiger partial charge is 0.328 e. The lowest BCUT2D eigenvalue weighted by molar-refractivity contribution is 0.0671. The Labute approximate surface area is 127 Å². The number of pyridine rings is 1. The lowest BCUT2D eigenvalue weighted by Crippen LogP contribution is -2.40. The third-order valence-electron chi connectivity index (χ3n) is 3.91. The zero-order chi connectivity index (χ0) is 15.5. The number of nitrogens with zero attached hydrogens (tertiary/aromatic N) is 1. The average molecular weight is 296 g/mol. The molecule has 1 saturated heterocycles. The number of aromatic nitrogens is 1. The van der Waals surface area contributed by atoms with Crippen LogP contribution in [-0.2, 0) is 0 Å². The van der Waals surface area contributed by atoms with Crippen LogP contribution in [0.1, 0.15) is 33.6 Å². The van der Waals surface area contributed by atoms with Crippen molar-refractivity contribution in [3.63, 3.8) is 0 Å². The maximum Gasteiger partial charge on any atom is 0.255 e. The third-order valence-corrected chi connectivity index (χ3v) is 3.91. The number of Topliss-reactive ketones (excluding diaryl/α,β-unsaturated/α-hetero) is 1. The molecular formula is C17H16N2O3. The molecule has 112 valence electrons. The molecule has 2 aromatic rings. The van der Waals surface area contributed by atoms with Crippen molar-refractivity contribution in [3.8, 4) is 0 Å². The first-order valence-corrected chi connectivity index (χ1v) is 7.26. The molecule has 1 unspecified atom stereocenters. The number of amides is 1. The highest BCUT2D eigenvalue weighted by atomic mass is 16.2. The molecule has 3 rings (SSSR count). The highest BCUT2D eigenvalue weighted by Crippen LogP contribution is 2.23. The first-order chi connectivity index (χ1) is 10.7. The summed E-state index contributed by atoms with van der Waals surface area (Å²) in [7, 11) is 0. The van der Waals surface area contributed by atoms with Crippen LogP contribution in [-0.4, -0.2) is 34.2 Å². The molecule has 0 aliphatic carbocycles. The molecule has 1 N–H and O–H groups in total. The van der Waals surface area contributed by atoms with Crippen molar-refractivity contribution in [1.82, 2.24) is 9.88 Å². The van der Waals surface area contributed by atoms with Crippen molar-refractivity contribution < 1.29 is 9.59 Å².